The first-order valence-electron chi connectivity index (χ1n) is 4.11. The van der Waals surface area contributed by atoms with E-state index in [1.54, 1.807) is 25.5 Å². The summed E-state index contributed by atoms with van der Waals surface area (Å²) in [6.07, 6.45) is 8.20. The van der Waals surface area contributed by atoms with E-state index in [1.165, 1.54) is 0 Å². The molecular formula is C10H16N2. The van der Waals surface area contributed by atoms with E-state index >= 15 is 0 Å². The van der Waals surface area contributed by atoms with Gasteiger partial charge in [0.1, 0.15) is 0 Å². The fourth-order valence-electron chi connectivity index (χ4n) is 0.580. The van der Waals surface area contributed by atoms with E-state index in [-0.39, 0.29) is 0 Å². The summed E-state index contributed by atoms with van der Waals surface area (Å²) in [7, 11) is 1.72. The first kappa shape index (κ1) is 10.9. The van der Waals surface area contributed by atoms with E-state index in [4.69, 9.17) is 0 Å². The Morgan fingerprint density at radius 2 is 2.17 bits per heavy atom. The van der Waals surface area contributed by atoms with Crippen LogP contribution in [0.1, 0.15) is 20.3 Å². The number of hydrogen-bond acceptors (Lipinski definition) is 2. The van der Waals surface area contributed by atoms with Crippen molar-refractivity contribution in [1.29, 1.82) is 0 Å². The number of allylic oxidation sites excluding steroid dienone is 2. The zero-order valence-corrected chi connectivity index (χ0v) is 7.99. The first-order valence-corrected chi connectivity index (χ1v) is 4.11. The summed E-state index contributed by atoms with van der Waals surface area (Å²) in [6, 6.07) is 0. The molecule has 0 radical (unpaired) electrons. The van der Waals surface area contributed by atoms with Crippen LogP contribution in [0.3, 0.4) is 0 Å². The van der Waals surface area contributed by atoms with Crippen molar-refractivity contribution in [2.45, 2.75) is 20.3 Å². The molecule has 2 nitrogen and oxygen atoms in total. The molecule has 0 saturated heterocycles. The van der Waals surface area contributed by atoms with Gasteiger partial charge in [0.25, 0.3) is 0 Å². The second-order valence-electron chi connectivity index (χ2n) is 2.85. The molecule has 66 valence electrons. The Hall–Kier alpha value is -1.14. The second-order valence-corrected chi connectivity index (χ2v) is 2.85. The molecule has 0 N–H and O–H groups in total. The van der Waals surface area contributed by atoms with Crippen molar-refractivity contribution in [1.82, 2.24) is 0 Å². The number of rotatable bonds is 4. The van der Waals surface area contributed by atoms with Crippen molar-refractivity contribution in [3.05, 3.63) is 18.4 Å². The van der Waals surface area contributed by atoms with Crippen LogP contribution in [0.2, 0.25) is 0 Å². The normalized spacial score (nSPS) is 11.0. The Kier molecular flexibility index (Phi) is 7.21. The third-order valence-electron chi connectivity index (χ3n) is 1.16. The van der Waals surface area contributed by atoms with Crippen LogP contribution >= 0.6 is 0 Å². The van der Waals surface area contributed by atoms with Crippen LogP contribution in [0.25, 0.3) is 0 Å². The monoisotopic (exact) mass is 164 g/mol. The predicted molar refractivity (Wildman–Crippen MR) is 55.0 cm³/mol. The Balaban J connectivity index is 3.66. The minimum atomic E-state index is 0.692. The van der Waals surface area contributed by atoms with Crippen molar-refractivity contribution in [2.24, 2.45) is 15.9 Å². The molecule has 0 fully saturated rings. The van der Waals surface area contributed by atoms with Crippen LogP contribution in [0.15, 0.2) is 28.3 Å². The lowest BCUT2D eigenvalue weighted by molar-refractivity contribution is 0.663. The fourth-order valence-corrected chi connectivity index (χ4v) is 0.580. The largest absolute Gasteiger partial charge is 0.296 e. The quantitative estimate of drug-likeness (QED) is 0.570. The van der Waals surface area contributed by atoms with Gasteiger partial charge in [0.05, 0.1) is 0 Å². The van der Waals surface area contributed by atoms with Gasteiger partial charge in [-0.2, -0.15) is 0 Å². The number of nitrogens with zero attached hydrogens (tertiary/aromatic N) is 2. The molecule has 0 saturated carbocycles. The highest BCUT2D eigenvalue weighted by atomic mass is 14.7. The molecule has 2 heteroatoms. The molecule has 0 rings (SSSR count). The molecule has 0 unspecified atom stereocenters. The molecule has 0 spiro atoms. The highest BCUT2D eigenvalue weighted by Gasteiger charge is 1.84. The lowest BCUT2D eigenvalue weighted by Crippen LogP contribution is -1.80. The van der Waals surface area contributed by atoms with Crippen molar-refractivity contribution in [2.75, 3.05) is 7.05 Å². The van der Waals surface area contributed by atoms with Gasteiger partial charge < -0.3 is 0 Å². The van der Waals surface area contributed by atoms with Crippen LogP contribution in [0.4, 0.5) is 0 Å². The average molecular weight is 164 g/mol. The molecule has 0 aliphatic carbocycles. The Morgan fingerprint density at radius 3 is 2.75 bits per heavy atom. The molecule has 0 bridgehead atoms. The molecule has 0 aromatic carbocycles. The summed E-state index contributed by atoms with van der Waals surface area (Å²) in [5.74, 6) is 3.42. The van der Waals surface area contributed by atoms with E-state index in [0.717, 1.165) is 6.42 Å². The second kappa shape index (κ2) is 7.96. The van der Waals surface area contributed by atoms with Crippen molar-refractivity contribution in [3.63, 3.8) is 0 Å². The molecule has 0 amide bonds. The average Bonchev–Trinajstić information content (AvgIpc) is 2.02. The number of aliphatic imine (C=N–C) groups is 2. The van der Waals surface area contributed by atoms with E-state index in [0.29, 0.717) is 5.92 Å². The van der Waals surface area contributed by atoms with Crippen LogP contribution in [0, 0.1) is 5.92 Å². The SMILES string of the molecule is CN=CC=C=N/C=C\CC(C)C. The summed E-state index contributed by atoms with van der Waals surface area (Å²) in [4.78, 5) is 7.66. The highest BCUT2D eigenvalue weighted by Crippen LogP contribution is 1.98. The van der Waals surface area contributed by atoms with Gasteiger partial charge >= 0.3 is 0 Å². The van der Waals surface area contributed by atoms with Gasteiger partial charge in [-0.25, -0.2) is 4.99 Å². The maximum Gasteiger partial charge on any atom is 0.0328 e. The summed E-state index contributed by atoms with van der Waals surface area (Å²) in [6.45, 7) is 4.35. The third kappa shape index (κ3) is 8.86. The lowest BCUT2D eigenvalue weighted by Gasteiger charge is -1.93. The highest BCUT2D eigenvalue weighted by molar-refractivity contribution is 5.82. The van der Waals surface area contributed by atoms with E-state index in [9.17, 15) is 0 Å². The van der Waals surface area contributed by atoms with Crippen LogP contribution in [-0.2, 0) is 0 Å². The molecule has 0 aromatic heterocycles. The summed E-state index contributed by atoms with van der Waals surface area (Å²) in [5, 5.41) is 0. The van der Waals surface area contributed by atoms with Crippen molar-refractivity contribution >= 4 is 12.1 Å². The van der Waals surface area contributed by atoms with E-state index in [1.807, 2.05) is 6.08 Å². The first-order chi connectivity index (χ1) is 5.77. The minimum Gasteiger partial charge on any atom is -0.296 e. The minimum absolute atomic E-state index is 0.692. The zero-order chi connectivity index (χ0) is 9.23. The van der Waals surface area contributed by atoms with Gasteiger partial charge in [-0.3, -0.25) is 4.99 Å². The van der Waals surface area contributed by atoms with Gasteiger partial charge in [-0.15, -0.1) is 0 Å². The Bertz CT molecular complexity index is 206. The molecule has 0 atom stereocenters. The molecule has 12 heavy (non-hydrogen) atoms. The maximum atomic E-state index is 3.90. The van der Waals surface area contributed by atoms with E-state index < -0.39 is 0 Å². The van der Waals surface area contributed by atoms with Crippen LogP contribution < -0.4 is 0 Å². The summed E-state index contributed by atoms with van der Waals surface area (Å²) < 4.78 is 0. The fraction of sp³-hybridized carbons (Fsp3) is 0.500. The zero-order valence-electron chi connectivity index (χ0n) is 7.99. The van der Waals surface area contributed by atoms with Gasteiger partial charge in [0.15, 0.2) is 0 Å². The third-order valence-corrected chi connectivity index (χ3v) is 1.16. The van der Waals surface area contributed by atoms with Crippen molar-refractivity contribution < 1.29 is 0 Å². The molecular weight excluding hydrogens is 148 g/mol. The summed E-state index contributed by atoms with van der Waals surface area (Å²) in [5.41, 5.74) is 0. The van der Waals surface area contributed by atoms with Gasteiger partial charge in [-0.1, -0.05) is 19.9 Å². The van der Waals surface area contributed by atoms with Gasteiger partial charge in [-0.05, 0) is 18.2 Å². The molecule has 0 heterocycles. The number of hydrogen-bond donors (Lipinski definition) is 0. The van der Waals surface area contributed by atoms with Crippen molar-refractivity contribution in [3.8, 4) is 0 Å². The van der Waals surface area contributed by atoms with E-state index in [2.05, 4.69) is 29.7 Å². The van der Waals surface area contributed by atoms with Gasteiger partial charge in [0.2, 0.25) is 0 Å². The standard InChI is InChI=1S/C10H16N2/c1-10(2)6-4-8-12-9-5-7-11-3/h4-5,7-8,10H,6H2,1-3H3/b8-4-,11-7?. The topological polar surface area (TPSA) is 24.7 Å². The van der Waals surface area contributed by atoms with Crippen LogP contribution in [-0.4, -0.2) is 19.1 Å². The maximum absolute atomic E-state index is 3.90. The Morgan fingerprint density at radius 1 is 1.42 bits per heavy atom. The molecule has 0 aliphatic heterocycles. The molecule has 0 aromatic rings. The molecule has 0 aliphatic rings. The summed E-state index contributed by atoms with van der Waals surface area (Å²) >= 11 is 0. The lowest BCUT2D eigenvalue weighted by atomic mass is 10.1. The van der Waals surface area contributed by atoms with Gasteiger partial charge in [0, 0.05) is 25.5 Å². The van der Waals surface area contributed by atoms with Crippen LogP contribution in [0.5, 0.6) is 0 Å². The smallest absolute Gasteiger partial charge is 0.0328 e. The Labute approximate surface area is 74.4 Å². The predicted octanol–water partition coefficient (Wildman–Crippen LogP) is 2.47.